The van der Waals surface area contributed by atoms with Gasteiger partial charge in [0.25, 0.3) is 0 Å². The molecule has 6 N–H and O–H groups in total. The number of alkyl halides is 1. The van der Waals surface area contributed by atoms with Crippen LogP contribution in [-0.4, -0.2) is 67.2 Å². The first-order chi connectivity index (χ1) is 18.3. The Morgan fingerprint density at radius 2 is 2.00 bits per heavy atom. The first-order valence-corrected chi connectivity index (χ1v) is 15.1. The molecule has 16 heteroatoms. The van der Waals surface area contributed by atoms with Crippen LogP contribution >= 0.6 is 18.1 Å². The van der Waals surface area contributed by atoms with Crippen molar-refractivity contribution < 1.29 is 32.9 Å². The number of esters is 1. The molecule has 6 atom stereocenters. The fraction of sp³-hybridized carbons (Fsp3) is 0.478. The maximum absolute atomic E-state index is 15.9. The molecule has 0 saturated carbocycles. The van der Waals surface area contributed by atoms with E-state index in [0.717, 1.165) is 18.3 Å². The summed E-state index contributed by atoms with van der Waals surface area (Å²) in [6.45, 7) is 1.70. The maximum Gasteiger partial charge on any atom is 0.332 e. The van der Waals surface area contributed by atoms with Gasteiger partial charge in [0.05, 0.1) is 19.0 Å². The van der Waals surface area contributed by atoms with E-state index in [1.54, 1.807) is 44.2 Å². The minimum absolute atomic E-state index is 0.00491. The van der Waals surface area contributed by atoms with Crippen LogP contribution < -0.4 is 16.6 Å². The Morgan fingerprint density at radius 1 is 1.31 bits per heavy atom. The molecule has 3 aromatic rings. The number of benzene rings is 1. The number of carbonyl (C=O) groups excluding carboxylic acids is 1. The quantitative estimate of drug-likeness (QED) is 0.201. The molecule has 0 amide bonds. The van der Waals surface area contributed by atoms with E-state index in [1.165, 1.54) is 17.8 Å². The Balaban J connectivity index is 1.55. The number of hydrogen-bond donors (Lipinski definition) is 4. The van der Waals surface area contributed by atoms with E-state index in [0.29, 0.717) is 4.90 Å². The highest BCUT2D eigenvalue weighted by molar-refractivity contribution is 8.56. The average Bonchev–Trinajstić information content (AvgIpc) is 3.36. The van der Waals surface area contributed by atoms with E-state index < -0.39 is 49.4 Å². The van der Waals surface area contributed by atoms with E-state index in [-0.39, 0.29) is 29.0 Å². The highest BCUT2D eigenvalue weighted by atomic mass is 32.7. The molecule has 3 heterocycles. The van der Waals surface area contributed by atoms with Crippen LogP contribution in [0.4, 0.5) is 16.2 Å². The summed E-state index contributed by atoms with van der Waals surface area (Å²) in [6, 6.07) is 7.76. The molecule has 2 aromatic heterocycles. The van der Waals surface area contributed by atoms with Gasteiger partial charge >= 0.3 is 12.7 Å². The summed E-state index contributed by atoms with van der Waals surface area (Å²) >= 11 is 0.867. The van der Waals surface area contributed by atoms with E-state index in [4.69, 9.17) is 25.5 Å². The monoisotopic (exact) mass is 583 g/mol. The van der Waals surface area contributed by atoms with Gasteiger partial charge in [-0.3, -0.25) is 13.9 Å². The molecule has 4 rings (SSSR count). The van der Waals surface area contributed by atoms with Crippen molar-refractivity contribution in [3.63, 3.8) is 0 Å². The predicted octanol–water partition coefficient (Wildman–Crippen LogP) is 2.82. The van der Waals surface area contributed by atoms with Crippen LogP contribution in [0.2, 0.25) is 0 Å². The lowest BCUT2D eigenvalue weighted by Gasteiger charge is -2.25. The van der Waals surface area contributed by atoms with Crippen LogP contribution in [0.1, 0.15) is 33.9 Å². The van der Waals surface area contributed by atoms with Crippen LogP contribution in [-0.2, 0) is 23.4 Å². The van der Waals surface area contributed by atoms with Crippen LogP contribution in [0.5, 0.6) is 0 Å². The Labute approximate surface area is 228 Å². The number of hydrogen-bond acceptors (Lipinski definition) is 12. The van der Waals surface area contributed by atoms with Crippen LogP contribution in [0.25, 0.3) is 11.2 Å². The van der Waals surface area contributed by atoms with E-state index in [1.807, 2.05) is 0 Å². The summed E-state index contributed by atoms with van der Waals surface area (Å²) in [4.78, 5) is 25.0. The summed E-state index contributed by atoms with van der Waals surface area (Å²) in [7, 11) is 0. The highest BCUT2D eigenvalue weighted by Crippen LogP contribution is 2.60. The van der Waals surface area contributed by atoms with Crippen molar-refractivity contribution in [3.05, 3.63) is 36.7 Å². The van der Waals surface area contributed by atoms with Crippen LogP contribution in [0.3, 0.4) is 0 Å². The summed E-state index contributed by atoms with van der Waals surface area (Å²) < 4.78 is 47.8. The molecule has 0 spiro atoms. The Bertz CT molecular complexity index is 1380. The molecule has 1 fully saturated rings. The second-order valence-electron chi connectivity index (χ2n) is 9.45. The Morgan fingerprint density at radius 3 is 2.67 bits per heavy atom. The van der Waals surface area contributed by atoms with Gasteiger partial charge in [-0.25, -0.2) is 14.5 Å². The third-order valence-corrected chi connectivity index (χ3v) is 9.77. The number of anilines is 2. The number of aliphatic hydroxyl groups excluding tert-OH is 1. The smallest absolute Gasteiger partial charge is 0.332 e. The third-order valence-electron chi connectivity index (χ3n) is 5.87. The number of ether oxygens (including phenoxy) is 2. The number of halogens is 1. The molecular formula is C23H31FN7O6PS. The van der Waals surface area contributed by atoms with Crippen molar-refractivity contribution in [1.29, 1.82) is 0 Å². The summed E-state index contributed by atoms with van der Waals surface area (Å²) in [6.07, 6.45) is -3.44. The van der Waals surface area contributed by atoms with Crippen molar-refractivity contribution in [3.8, 4) is 0 Å². The van der Waals surface area contributed by atoms with Gasteiger partial charge in [-0.05, 0) is 51.2 Å². The van der Waals surface area contributed by atoms with E-state index >= 15 is 4.39 Å². The van der Waals surface area contributed by atoms with Crippen molar-refractivity contribution in [1.82, 2.24) is 24.6 Å². The lowest BCUT2D eigenvalue weighted by molar-refractivity contribution is -0.149. The van der Waals surface area contributed by atoms with Crippen LogP contribution in [0, 0.1) is 0 Å². The van der Waals surface area contributed by atoms with E-state index in [9.17, 15) is 14.5 Å². The predicted molar refractivity (Wildman–Crippen MR) is 143 cm³/mol. The van der Waals surface area contributed by atoms with Gasteiger partial charge in [-0.15, -0.1) is 0 Å². The lowest BCUT2D eigenvalue weighted by atomic mass is 9.98. The fourth-order valence-corrected chi connectivity index (χ4v) is 7.81. The first kappa shape index (κ1) is 29.2. The second-order valence-corrected chi connectivity index (χ2v) is 13.6. The maximum atomic E-state index is 15.9. The molecule has 0 aliphatic carbocycles. The Hall–Kier alpha value is -2.81. The standard InChI is InChI=1S/C23H31FN7O6PS/c1-12(2)36-20(33)13(3)30-38(34,39-14-8-6-5-7-9-14)35-10-15-17(32)23(4,24)21(37-15)31-11-27-16-18(25)28-22(26)29-19(16)31/h5-9,11-13,15,17,21,32H,10H2,1-4H3,(H,30,34)(H4,25,26,28,29)/t13-,15?,17+,21+,23+,38?/m0/s1. The van der Waals surface area contributed by atoms with Crippen molar-refractivity contribution in [2.24, 2.45) is 0 Å². The van der Waals surface area contributed by atoms with Gasteiger partial charge in [0.1, 0.15) is 23.8 Å². The summed E-state index contributed by atoms with van der Waals surface area (Å²) in [5.74, 6) is -0.760. The molecule has 212 valence electrons. The third kappa shape index (κ3) is 6.34. The number of aliphatic hydroxyl groups is 1. The number of carbonyl (C=O) groups is 1. The molecule has 0 radical (unpaired) electrons. The van der Waals surface area contributed by atoms with Gasteiger partial charge in [0, 0.05) is 4.90 Å². The number of nitrogens with one attached hydrogen (secondary N) is 1. The van der Waals surface area contributed by atoms with Crippen molar-refractivity contribution in [2.45, 2.75) is 68.8 Å². The number of rotatable bonds is 10. The normalized spacial score (nSPS) is 25.6. The van der Waals surface area contributed by atoms with Gasteiger partial charge in [-0.1, -0.05) is 18.2 Å². The molecule has 2 unspecified atom stereocenters. The van der Waals surface area contributed by atoms with E-state index in [2.05, 4.69) is 20.0 Å². The minimum Gasteiger partial charge on any atom is -0.462 e. The second kappa shape index (κ2) is 11.4. The average molecular weight is 584 g/mol. The number of nitrogens with zero attached hydrogens (tertiary/aromatic N) is 4. The zero-order chi connectivity index (χ0) is 28.5. The topological polar surface area (TPSA) is 190 Å². The first-order valence-electron chi connectivity index (χ1n) is 12.1. The molecule has 1 aromatic carbocycles. The molecule has 1 aliphatic heterocycles. The molecule has 39 heavy (non-hydrogen) atoms. The minimum atomic E-state index is -3.87. The van der Waals surface area contributed by atoms with Crippen LogP contribution in [0.15, 0.2) is 41.6 Å². The number of nitrogen functional groups attached to an aromatic ring is 2. The van der Waals surface area contributed by atoms with Gasteiger partial charge < -0.3 is 30.6 Å². The zero-order valence-corrected chi connectivity index (χ0v) is 23.4. The number of fused-ring (bicyclic) bond motifs is 1. The van der Waals surface area contributed by atoms with Gasteiger partial charge in [0.15, 0.2) is 23.4 Å². The summed E-state index contributed by atoms with van der Waals surface area (Å²) in [5.41, 5.74) is 9.52. The molecule has 1 saturated heterocycles. The van der Waals surface area contributed by atoms with Gasteiger partial charge in [0.2, 0.25) is 5.95 Å². The van der Waals surface area contributed by atoms with Crippen molar-refractivity contribution >= 4 is 47.0 Å². The zero-order valence-electron chi connectivity index (χ0n) is 21.7. The molecular weight excluding hydrogens is 552 g/mol. The SMILES string of the molecule is CC(C)OC(=O)[C@H](C)NP(=O)(OCC1O[C@@H](n2cnc3c(N)nc(N)nc32)[C@](C)(F)[C@@H]1O)Sc1ccccc1. The summed E-state index contributed by atoms with van der Waals surface area (Å²) in [5, 5.41) is 13.5. The van der Waals surface area contributed by atoms with Crippen molar-refractivity contribution in [2.75, 3.05) is 18.1 Å². The highest BCUT2D eigenvalue weighted by Gasteiger charge is 2.56. The molecule has 0 bridgehead atoms. The number of imidazole rings is 1. The molecule has 1 aliphatic rings. The fourth-order valence-electron chi connectivity index (χ4n) is 3.98. The van der Waals surface area contributed by atoms with Gasteiger partial charge in [-0.2, -0.15) is 9.97 Å². The number of nitrogens with two attached hydrogens (primary N) is 2. The number of aromatic nitrogens is 4. The largest absolute Gasteiger partial charge is 0.462 e. The Kier molecular flexibility index (Phi) is 8.50. The molecule has 13 nitrogen and oxygen atoms in total. The lowest BCUT2D eigenvalue weighted by Crippen LogP contribution is -2.41.